The Hall–Kier alpha value is -1.56. The number of piperidine rings is 1. The van der Waals surface area contributed by atoms with Crippen molar-refractivity contribution in [1.82, 2.24) is 4.90 Å². The first-order valence-electron chi connectivity index (χ1n) is 7.82. The molecule has 1 aromatic carbocycles. The third-order valence-electron chi connectivity index (χ3n) is 3.99. The van der Waals surface area contributed by atoms with Gasteiger partial charge in [0.2, 0.25) is 0 Å². The molecule has 0 saturated carbocycles. The molecular formula is C17H22BrNO4. The van der Waals surface area contributed by atoms with Crippen molar-refractivity contribution in [2.24, 2.45) is 0 Å². The zero-order valence-corrected chi connectivity index (χ0v) is 15.0. The minimum absolute atomic E-state index is 0.138. The van der Waals surface area contributed by atoms with Crippen molar-refractivity contribution >= 4 is 27.8 Å². The number of benzene rings is 1. The van der Waals surface area contributed by atoms with E-state index in [9.17, 15) is 9.59 Å². The third-order valence-corrected chi connectivity index (χ3v) is 4.48. The summed E-state index contributed by atoms with van der Waals surface area (Å²) in [5, 5.41) is 0. The van der Waals surface area contributed by atoms with Crippen LogP contribution in [-0.2, 0) is 14.3 Å². The Bertz CT molecular complexity index is 553. The molecule has 0 radical (unpaired) electrons. The molecule has 1 saturated heterocycles. The van der Waals surface area contributed by atoms with Crippen molar-refractivity contribution in [3.05, 3.63) is 28.7 Å². The van der Waals surface area contributed by atoms with Gasteiger partial charge in [0.25, 0.3) is 5.91 Å². The van der Waals surface area contributed by atoms with E-state index >= 15 is 0 Å². The zero-order chi connectivity index (χ0) is 16.8. The minimum Gasteiger partial charge on any atom is -0.482 e. The van der Waals surface area contributed by atoms with Crippen molar-refractivity contribution in [2.45, 2.75) is 45.2 Å². The highest BCUT2D eigenvalue weighted by atomic mass is 79.9. The molecule has 0 unspecified atom stereocenters. The number of carbonyl (C=O) groups excluding carboxylic acids is 2. The minimum atomic E-state index is -0.546. The van der Waals surface area contributed by atoms with Crippen LogP contribution in [0.3, 0.4) is 0 Å². The number of amides is 1. The van der Waals surface area contributed by atoms with Crippen LogP contribution in [-0.4, -0.2) is 42.1 Å². The summed E-state index contributed by atoms with van der Waals surface area (Å²) in [5.41, 5.74) is 0. The monoisotopic (exact) mass is 383 g/mol. The van der Waals surface area contributed by atoms with Crippen LogP contribution in [0.4, 0.5) is 0 Å². The molecule has 1 amide bonds. The lowest BCUT2D eigenvalue weighted by Crippen LogP contribution is -2.49. The first kappa shape index (κ1) is 17.8. The smallest absolute Gasteiger partial charge is 0.344 e. The molecule has 0 aromatic heterocycles. The second-order valence-corrected chi connectivity index (χ2v) is 6.75. The number of ether oxygens (including phenoxy) is 2. The zero-order valence-electron chi connectivity index (χ0n) is 13.5. The molecule has 0 bridgehead atoms. The predicted molar refractivity (Wildman–Crippen MR) is 90.2 cm³/mol. The van der Waals surface area contributed by atoms with Gasteiger partial charge in [-0.1, -0.05) is 22.0 Å². The summed E-state index contributed by atoms with van der Waals surface area (Å²) < 4.78 is 11.2. The number of rotatable bonds is 5. The van der Waals surface area contributed by atoms with Gasteiger partial charge in [0.1, 0.15) is 5.75 Å². The molecule has 2 rings (SSSR count). The van der Waals surface area contributed by atoms with Gasteiger partial charge in [0.15, 0.2) is 13.2 Å². The number of halogens is 1. The summed E-state index contributed by atoms with van der Waals surface area (Å²) in [6.45, 7) is 3.63. The molecule has 2 atom stereocenters. The quantitative estimate of drug-likeness (QED) is 0.732. The van der Waals surface area contributed by atoms with Crippen LogP contribution in [0.25, 0.3) is 0 Å². The molecule has 1 aliphatic heterocycles. The van der Waals surface area contributed by atoms with E-state index in [1.807, 2.05) is 30.9 Å². The molecule has 0 aliphatic carbocycles. The van der Waals surface area contributed by atoms with Crippen molar-refractivity contribution in [3.63, 3.8) is 0 Å². The molecule has 6 heteroatoms. The van der Waals surface area contributed by atoms with Gasteiger partial charge in [-0.3, -0.25) is 4.79 Å². The van der Waals surface area contributed by atoms with Crippen LogP contribution in [0.1, 0.15) is 33.1 Å². The lowest BCUT2D eigenvalue weighted by atomic mass is 9.97. The van der Waals surface area contributed by atoms with E-state index in [1.54, 1.807) is 12.1 Å². The van der Waals surface area contributed by atoms with Crippen LogP contribution in [0.15, 0.2) is 28.7 Å². The molecule has 1 fully saturated rings. The van der Waals surface area contributed by atoms with E-state index in [2.05, 4.69) is 15.9 Å². The van der Waals surface area contributed by atoms with Crippen molar-refractivity contribution < 1.29 is 19.1 Å². The maximum Gasteiger partial charge on any atom is 0.344 e. The SMILES string of the molecule is C[C@@H]1CCC[C@H](C)N1C(=O)COC(=O)COc1cccc(Br)c1. The fourth-order valence-electron chi connectivity index (χ4n) is 2.87. The molecule has 0 spiro atoms. The van der Waals surface area contributed by atoms with E-state index in [1.165, 1.54) is 0 Å². The molecule has 1 aromatic rings. The highest BCUT2D eigenvalue weighted by molar-refractivity contribution is 9.10. The molecule has 5 nitrogen and oxygen atoms in total. The Morgan fingerprint density at radius 1 is 1.22 bits per heavy atom. The Labute approximate surface area is 145 Å². The maximum absolute atomic E-state index is 12.2. The second-order valence-electron chi connectivity index (χ2n) is 5.84. The van der Waals surface area contributed by atoms with E-state index in [0.717, 1.165) is 23.7 Å². The van der Waals surface area contributed by atoms with Crippen LogP contribution in [0.5, 0.6) is 5.75 Å². The van der Waals surface area contributed by atoms with Crippen molar-refractivity contribution in [1.29, 1.82) is 0 Å². The van der Waals surface area contributed by atoms with Crippen LogP contribution in [0, 0.1) is 0 Å². The summed E-state index contributed by atoms with van der Waals surface area (Å²) in [6, 6.07) is 7.58. The largest absolute Gasteiger partial charge is 0.482 e. The number of nitrogens with zero attached hydrogens (tertiary/aromatic N) is 1. The van der Waals surface area contributed by atoms with Crippen LogP contribution in [0.2, 0.25) is 0 Å². The van der Waals surface area contributed by atoms with Gasteiger partial charge in [-0.15, -0.1) is 0 Å². The second kappa shape index (κ2) is 8.34. The van der Waals surface area contributed by atoms with Gasteiger partial charge in [-0.05, 0) is 51.3 Å². The maximum atomic E-state index is 12.2. The predicted octanol–water partition coefficient (Wildman–Crippen LogP) is 3.16. The van der Waals surface area contributed by atoms with E-state index in [0.29, 0.717) is 5.75 Å². The average Bonchev–Trinajstić information content (AvgIpc) is 2.51. The standard InChI is InChI=1S/C17H22BrNO4/c1-12-5-3-6-13(2)19(12)16(20)10-23-17(21)11-22-15-8-4-7-14(18)9-15/h4,7-9,12-13H,3,5-6,10-11H2,1-2H3/t12-,13+. The summed E-state index contributed by atoms with van der Waals surface area (Å²) in [4.78, 5) is 25.8. The van der Waals surface area contributed by atoms with Gasteiger partial charge in [-0.25, -0.2) is 4.79 Å². The molecule has 1 aliphatic rings. The van der Waals surface area contributed by atoms with Crippen molar-refractivity contribution in [2.75, 3.05) is 13.2 Å². The number of hydrogen-bond acceptors (Lipinski definition) is 4. The average molecular weight is 384 g/mol. The van der Waals surface area contributed by atoms with E-state index in [-0.39, 0.29) is 31.2 Å². The number of hydrogen-bond donors (Lipinski definition) is 0. The normalized spacial score (nSPS) is 20.9. The Morgan fingerprint density at radius 3 is 2.57 bits per heavy atom. The molecule has 1 heterocycles. The van der Waals surface area contributed by atoms with Gasteiger partial charge < -0.3 is 14.4 Å². The highest BCUT2D eigenvalue weighted by Gasteiger charge is 2.29. The first-order valence-corrected chi connectivity index (χ1v) is 8.62. The van der Waals surface area contributed by atoms with Crippen molar-refractivity contribution in [3.8, 4) is 5.75 Å². The summed E-state index contributed by atoms with van der Waals surface area (Å²) >= 11 is 3.33. The first-order chi connectivity index (χ1) is 11.0. The van der Waals surface area contributed by atoms with Gasteiger partial charge >= 0.3 is 5.97 Å². The van der Waals surface area contributed by atoms with Crippen LogP contribution >= 0.6 is 15.9 Å². The summed E-state index contributed by atoms with van der Waals surface area (Å²) in [5.74, 6) is -0.114. The van der Waals surface area contributed by atoms with E-state index < -0.39 is 5.97 Å². The van der Waals surface area contributed by atoms with Gasteiger partial charge in [-0.2, -0.15) is 0 Å². The summed E-state index contributed by atoms with van der Waals surface area (Å²) in [7, 11) is 0. The topological polar surface area (TPSA) is 55.8 Å². The lowest BCUT2D eigenvalue weighted by Gasteiger charge is -2.38. The van der Waals surface area contributed by atoms with Gasteiger partial charge in [0, 0.05) is 16.6 Å². The molecule has 23 heavy (non-hydrogen) atoms. The van der Waals surface area contributed by atoms with E-state index in [4.69, 9.17) is 9.47 Å². The third kappa shape index (κ3) is 5.23. The Kier molecular flexibility index (Phi) is 6.45. The Morgan fingerprint density at radius 2 is 1.91 bits per heavy atom. The van der Waals surface area contributed by atoms with Gasteiger partial charge in [0.05, 0.1) is 0 Å². The van der Waals surface area contributed by atoms with Crippen LogP contribution < -0.4 is 4.74 Å². The number of likely N-dealkylation sites (tertiary alicyclic amines) is 1. The molecular weight excluding hydrogens is 362 g/mol. The fourth-order valence-corrected chi connectivity index (χ4v) is 3.25. The highest BCUT2D eigenvalue weighted by Crippen LogP contribution is 2.22. The number of carbonyl (C=O) groups is 2. The fraction of sp³-hybridized carbons (Fsp3) is 0.529. The molecule has 0 N–H and O–H groups in total. The lowest BCUT2D eigenvalue weighted by molar-refractivity contribution is -0.156. The Balaban J connectivity index is 1.76. The molecule has 126 valence electrons. The summed E-state index contributed by atoms with van der Waals surface area (Å²) in [6.07, 6.45) is 3.12. The number of esters is 1.